The van der Waals surface area contributed by atoms with Gasteiger partial charge in [0.15, 0.2) is 0 Å². The lowest BCUT2D eigenvalue weighted by molar-refractivity contribution is -0.134. The molecule has 2 aliphatic rings. The van der Waals surface area contributed by atoms with Crippen LogP contribution in [-0.4, -0.2) is 59.0 Å². The summed E-state index contributed by atoms with van der Waals surface area (Å²) in [6.07, 6.45) is 7.31. The SMILES string of the molecule is COc1ccc2[nH]cc(C3(C(=O)N4CCN(c5ncccn5)CC4)CC3)c2c1. The summed E-state index contributed by atoms with van der Waals surface area (Å²) in [5, 5.41) is 1.08. The summed E-state index contributed by atoms with van der Waals surface area (Å²) in [6, 6.07) is 7.79. The second-order valence-corrected chi connectivity index (χ2v) is 7.52. The fourth-order valence-electron chi connectivity index (χ4n) is 4.21. The van der Waals surface area contributed by atoms with Crippen molar-refractivity contribution < 1.29 is 9.53 Å². The molecule has 1 aliphatic heterocycles. The van der Waals surface area contributed by atoms with Crippen molar-refractivity contribution in [3.05, 3.63) is 48.4 Å². The highest BCUT2D eigenvalue weighted by molar-refractivity contribution is 5.98. The fourth-order valence-corrected chi connectivity index (χ4v) is 4.21. The van der Waals surface area contributed by atoms with E-state index in [-0.39, 0.29) is 5.91 Å². The lowest BCUT2D eigenvalue weighted by Gasteiger charge is -2.36. The molecule has 144 valence electrons. The summed E-state index contributed by atoms with van der Waals surface area (Å²) in [7, 11) is 1.67. The van der Waals surface area contributed by atoms with Crippen LogP contribution in [0.1, 0.15) is 18.4 Å². The van der Waals surface area contributed by atoms with E-state index in [0.717, 1.165) is 54.1 Å². The first-order chi connectivity index (χ1) is 13.7. The number of anilines is 1. The number of aromatic nitrogens is 3. The molecule has 0 radical (unpaired) electrons. The van der Waals surface area contributed by atoms with Gasteiger partial charge in [0.2, 0.25) is 11.9 Å². The van der Waals surface area contributed by atoms with Crippen LogP contribution >= 0.6 is 0 Å². The third kappa shape index (κ3) is 2.69. The van der Waals surface area contributed by atoms with Gasteiger partial charge in [0.25, 0.3) is 0 Å². The van der Waals surface area contributed by atoms with E-state index < -0.39 is 5.41 Å². The van der Waals surface area contributed by atoms with Crippen molar-refractivity contribution >= 4 is 22.8 Å². The van der Waals surface area contributed by atoms with Crippen molar-refractivity contribution in [2.75, 3.05) is 38.2 Å². The van der Waals surface area contributed by atoms with Crippen LogP contribution in [0.5, 0.6) is 5.75 Å². The topological polar surface area (TPSA) is 74.4 Å². The third-order valence-corrected chi connectivity index (χ3v) is 5.97. The maximum absolute atomic E-state index is 13.5. The number of benzene rings is 1. The first-order valence-electron chi connectivity index (χ1n) is 9.68. The maximum Gasteiger partial charge on any atom is 0.233 e. The lowest BCUT2D eigenvalue weighted by atomic mass is 9.93. The number of ether oxygens (including phenoxy) is 1. The van der Waals surface area contributed by atoms with Crippen LogP contribution in [0.25, 0.3) is 10.9 Å². The molecule has 1 N–H and O–H groups in total. The molecular weight excluding hydrogens is 354 g/mol. The molecule has 0 spiro atoms. The average molecular weight is 377 g/mol. The number of amides is 1. The number of rotatable bonds is 4. The Balaban J connectivity index is 1.36. The Morgan fingerprint density at radius 3 is 2.57 bits per heavy atom. The van der Waals surface area contributed by atoms with E-state index in [4.69, 9.17) is 4.74 Å². The van der Waals surface area contributed by atoms with E-state index in [1.165, 1.54) is 0 Å². The Hall–Kier alpha value is -3.09. The number of carbonyl (C=O) groups is 1. The number of nitrogens with zero attached hydrogens (tertiary/aromatic N) is 4. The molecule has 0 bridgehead atoms. The zero-order valence-corrected chi connectivity index (χ0v) is 15.9. The fraction of sp³-hybridized carbons (Fsp3) is 0.381. The van der Waals surface area contributed by atoms with E-state index >= 15 is 0 Å². The molecule has 7 heteroatoms. The van der Waals surface area contributed by atoms with Crippen LogP contribution in [0.2, 0.25) is 0 Å². The lowest BCUT2D eigenvalue weighted by Crippen LogP contribution is -2.52. The number of nitrogens with one attached hydrogen (secondary N) is 1. The minimum atomic E-state index is -0.393. The number of fused-ring (bicyclic) bond motifs is 1. The Morgan fingerprint density at radius 2 is 1.89 bits per heavy atom. The molecule has 0 unspecified atom stereocenters. The van der Waals surface area contributed by atoms with Crippen LogP contribution in [0, 0.1) is 0 Å². The zero-order valence-electron chi connectivity index (χ0n) is 15.9. The summed E-state index contributed by atoms with van der Waals surface area (Å²) in [4.78, 5) is 29.6. The highest BCUT2D eigenvalue weighted by Crippen LogP contribution is 2.52. The quantitative estimate of drug-likeness (QED) is 0.755. The molecule has 28 heavy (non-hydrogen) atoms. The molecule has 0 atom stereocenters. The van der Waals surface area contributed by atoms with Gasteiger partial charge in [-0.05, 0) is 42.7 Å². The Labute approximate surface area is 163 Å². The number of hydrogen-bond acceptors (Lipinski definition) is 5. The third-order valence-electron chi connectivity index (χ3n) is 5.97. The molecule has 3 aromatic rings. The molecular formula is C21H23N5O2. The van der Waals surface area contributed by atoms with Gasteiger partial charge < -0.3 is 19.5 Å². The van der Waals surface area contributed by atoms with Crippen molar-refractivity contribution in [3.63, 3.8) is 0 Å². The molecule has 1 aromatic carbocycles. The monoisotopic (exact) mass is 377 g/mol. The van der Waals surface area contributed by atoms with Gasteiger partial charge >= 0.3 is 0 Å². The normalized spacial score (nSPS) is 18.3. The highest BCUT2D eigenvalue weighted by atomic mass is 16.5. The first kappa shape index (κ1) is 17.0. The van der Waals surface area contributed by atoms with Crippen LogP contribution in [0.4, 0.5) is 5.95 Å². The second kappa shape index (κ2) is 6.51. The van der Waals surface area contributed by atoms with Crippen LogP contribution < -0.4 is 9.64 Å². The van der Waals surface area contributed by atoms with Crippen molar-refractivity contribution in [2.24, 2.45) is 0 Å². The summed E-state index contributed by atoms with van der Waals surface area (Å²) in [5.74, 6) is 1.79. The summed E-state index contributed by atoms with van der Waals surface area (Å²) < 4.78 is 5.38. The molecule has 1 saturated heterocycles. The molecule has 1 aliphatic carbocycles. The van der Waals surface area contributed by atoms with Gasteiger partial charge in [-0.1, -0.05) is 0 Å². The number of piperazine rings is 1. The standard InChI is InChI=1S/C21H23N5O2/c1-28-15-3-4-18-16(13-15)17(14-24-18)21(5-6-21)19(27)25-9-11-26(12-10-25)20-22-7-2-8-23-20/h2-4,7-8,13-14,24H,5-6,9-12H2,1H3. The summed E-state index contributed by atoms with van der Waals surface area (Å²) >= 11 is 0. The molecule has 3 heterocycles. The Bertz CT molecular complexity index is 1000. The predicted octanol–water partition coefficient (Wildman–Crippen LogP) is 2.35. The van der Waals surface area contributed by atoms with Crippen LogP contribution in [0.15, 0.2) is 42.9 Å². The van der Waals surface area contributed by atoms with E-state index in [1.807, 2.05) is 35.4 Å². The maximum atomic E-state index is 13.5. The highest BCUT2D eigenvalue weighted by Gasteiger charge is 2.54. The molecule has 1 saturated carbocycles. The van der Waals surface area contributed by atoms with Gasteiger partial charge in [-0.15, -0.1) is 0 Å². The average Bonchev–Trinajstić information content (AvgIpc) is 3.46. The minimum absolute atomic E-state index is 0.241. The van der Waals surface area contributed by atoms with E-state index in [9.17, 15) is 4.79 Å². The summed E-state index contributed by atoms with van der Waals surface area (Å²) in [5.41, 5.74) is 1.75. The van der Waals surface area contributed by atoms with Gasteiger partial charge in [-0.2, -0.15) is 0 Å². The van der Waals surface area contributed by atoms with Crippen molar-refractivity contribution in [1.29, 1.82) is 0 Å². The molecule has 1 amide bonds. The van der Waals surface area contributed by atoms with E-state index in [2.05, 4.69) is 19.9 Å². The second-order valence-electron chi connectivity index (χ2n) is 7.52. The number of aromatic amines is 1. The van der Waals surface area contributed by atoms with E-state index in [1.54, 1.807) is 19.5 Å². The van der Waals surface area contributed by atoms with Crippen molar-refractivity contribution in [1.82, 2.24) is 19.9 Å². The smallest absolute Gasteiger partial charge is 0.233 e. The van der Waals surface area contributed by atoms with Crippen molar-refractivity contribution in [2.45, 2.75) is 18.3 Å². The molecule has 2 fully saturated rings. The number of hydrogen-bond donors (Lipinski definition) is 1. The van der Waals surface area contributed by atoms with Crippen molar-refractivity contribution in [3.8, 4) is 5.75 Å². The van der Waals surface area contributed by atoms with Gasteiger partial charge in [-0.25, -0.2) is 9.97 Å². The Morgan fingerprint density at radius 1 is 1.14 bits per heavy atom. The Kier molecular flexibility index (Phi) is 3.96. The van der Waals surface area contributed by atoms with Gasteiger partial charge in [-0.3, -0.25) is 4.79 Å². The minimum Gasteiger partial charge on any atom is -0.497 e. The molecule has 2 aromatic heterocycles. The molecule has 7 nitrogen and oxygen atoms in total. The molecule has 5 rings (SSSR count). The summed E-state index contributed by atoms with van der Waals surface area (Å²) in [6.45, 7) is 2.91. The first-order valence-corrected chi connectivity index (χ1v) is 9.68. The van der Waals surface area contributed by atoms with Gasteiger partial charge in [0.1, 0.15) is 5.75 Å². The zero-order chi connectivity index (χ0) is 19.1. The van der Waals surface area contributed by atoms with Crippen LogP contribution in [0.3, 0.4) is 0 Å². The largest absolute Gasteiger partial charge is 0.497 e. The van der Waals surface area contributed by atoms with E-state index in [0.29, 0.717) is 13.1 Å². The van der Waals surface area contributed by atoms with Gasteiger partial charge in [0, 0.05) is 55.7 Å². The van der Waals surface area contributed by atoms with Gasteiger partial charge in [0.05, 0.1) is 12.5 Å². The number of methoxy groups -OCH3 is 1. The number of carbonyl (C=O) groups excluding carboxylic acids is 1. The van der Waals surface area contributed by atoms with Crippen LogP contribution in [-0.2, 0) is 10.2 Å². The number of H-pyrrole nitrogens is 1. The predicted molar refractivity (Wildman–Crippen MR) is 107 cm³/mol.